The molecule has 0 unspecified atom stereocenters. The van der Waals surface area contributed by atoms with Crippen molar-refractivity contribution in [2.24, 2.45) is 0 Å². The summed E-state index contributed by atoms with van der Waals surface area (Å²) in [5.74, 6) is 6.12. The van der Waals surface area contributed by atoms with Crippen LogP contribution in [0.2, 0.25) is 0 Å². The molecule has 100 valence electrons. The maximum Gasteiger partial charge on any atom is 0.490 e. The van der Waals surface area contributed by atoms with E-state index in [4.69, 9.17) is 10.0 Å². The molecular weight excluding hydrogens is 239 g/mol. The summed E-state index contributed by atoms with van der Waals surface area (Å²) in [5, 5.41) is 17.9. The molecule has 2 heterocycles. The Morgan fingerprint density at radius 1 is 1.21 bits per heavy atom. The number of pyridine rings is 1. The fraction of sp³-hybridized carbons (Fsp3) is 0.500. The van der Waals surface area contributed by atoms with Crippen LogP contribution in [-0.4, -0.2) is 46.7 Å². The Labute approximate surface area is 114 Å². The van der Waals surface area contributed by atoms with Gasteiger partial charge in [-0.15, -0.1) is 0 Å². The zero-order valence-electron chi connectivity index (χ0n) is 11.0. The first kappa shape index (κ1) is 14.1. The molecule has 5 heteroatoms. The van der Waals surface area contributed by atoms with Crippen LogP contribution in [0.25, 0.3) is 0 Å². The van der Waals surface area contributed by atoms with Gasteiger partial charge in [0.1, 0.15) is 5.69 Å². The molecule has 4 nitrogen and oxygen atoms in total. The maximum atomic E-state index is 8.95. The van der Waals surface area contributed by atoms with E-state index in [-0.39, 0.29) is 0 Å². The minimum Gasteiger partial charge on any atom is -0.423 e. The van der Waals surface area contributed by atoms with Gasteiger partial charge >= 0.3 is 7.12 Å². The van der Waals surface area contributed by atoms with E-state index in [0.717, 1.165) is 13.0 Å². The third kappa shape index (κ3) is 4.68. The number of hydrogen-bond acceptors (Lipinski definition) is 4. The van der Waals surface area contributed by atoms with Gasteiger partial charge in [0, 0.05) is 24.6 Å². The van der Waals surface area contributed by atoms with Gasteiger partial charge in [-0.1, -0.05) is 18.4 Å². The van der Waals surface area contributed by atoms with Crippen LogP contribution >= 0.6 is 0 Å². The first-order valence-corrected chi connectivity index (χ1v) is 6.79. The number of nitrogens with zero attached hydrogens (tertiary/aromatic N) is 2. The van der Waals surface area contributed by atoms with E-state index in [2.05, 4.69) is 21.7 Å². The molecule has 1 aromatic rings. The lowest BCUT2D eigenvalue weighted by Gasteiger charge is -2.25. The van der Waals surface area contributed by atoms with Gasteiger partial charge in [-0.2, -0.15) is 0 Å². The van der Waals surface area contributed by atoms with E-state index in [0.29, 0.717) is 11.2 Å². The lowest BCUT2D eigenvalue weighted by atomic mass is 9.82. The molecule has 1 aromatic heterocycles. The summed E-state index contributed by atoms with van der Waals surface area (Å²) in [7, 11) is -1.46. The second-order valence-electron chi connectivity index (χ2n) is 4.80. The molecule has 1 aliphatic heterocycles. The van der Waals surface area contributed by atoms with Crippen molar-refractivity contribution < 1.29 is 10.0 Å². The number of likely N-dealkylation sites (tertiary alicyclic amines) is 1. The van der Waals surface area contributed by atoms with E-state index in [1.807, 2.05) is 0 Å². The Bertz CT molecular complexity index is 445. The highest BCUT2D eigenvalue weighted by Gasteiger charge is 2.10. The Balaban J connectivity index is 1.79. The average molecular weight is 258 g/mol. The molecule has 0 radical (unpaired) electrons. The van der Waals surface area contributed by atoms with Gasteiger partial charge in [0.25, 0.3) is 0 Å². The van der Waals surface area contributed by atoms with Crippen LogP contribution in [0.15, 0.2) is 18.3 Å². The molecule has 1 aliphatic rings. The van der Waals surface area contributed by atoms with Crippen molar-refractivity contribution in [3.8, 4) is 11.8 Å². The van der Waals surface area contributed by atoms with Crippen LogP contribution in [0, 0.1) is 11.8 Å². The number of aromatic nitrogens is 1. The molecule has 19 heavy (non-hydrogen) atoms. The van der Waals surface area contributed by atoms with Crippen LogP contribution in [0.5, 0.6) is 0 Å². The lowest BCUT2D eigenvalue weighted by molar-refractivity contribution is 0.234. The Morgan fingerprint density at radius 2 is 2.00 bits per heavy atom. The molecule has 0 saturated carbocycles. The Morgan fingerprint density at radius 3 is 2.63 bits per heavy atom. The third-order valence-electron chi connectivity index (χ3n) is 3.30. The van der Waals surface area contributed by atoms with Gasteiger partial charge in [-0.05, 0) is 37.9 Å². The van der Waals surface area contributed by atoms with Gasteiger partial charge in [0.05, 0.1) is 0 Å². The second kappa shape index (κ2) is 7.29. The van der Waals surface area contributed by atoms with Gasteiger partial charge in [-0.3, -0.25) is 0 Å². The highest BCUT2D eigenvalue weighted by molar-refractivity contribution is 6.58. The molecule has 0 spiro atoms. The maximum absolute atomic E-state index is 8.95. The van der Waals surface area contributed by atoms with Crippen molar-refractivity contribution in [1.82, 2.24) is 9.88 Å². The molecule has 0 aromatic carbocycles. The van der Waals surface area contributed by atoms with E-state index >= 15 is 0 Å². The van der Waals surface area contributed by atoms with Crippen molar-refractivity contribution >= 4 is 12.6 Å². The predicted molar refractivity (Wildman–Crippen MR) is 75.8 cm³/mol. The average Bonchev–Trinajstić information content (AvgIpc) is 2.45. The minimum absolute atomic E-state index is 0.388. The van der Waals surface area contributed by atoms with Gasteiger partial charge in [0.2, 0.25) is 0 Å². The summed E-state index contributed by atoms with van der Waals surface area (Å²) in [6.45, 7) is 3.42. The molecule has 0 atom stereocenters. The molecule has 1 saturated heterocycles. The zero-order valence-corrected chi connectivity index (χ0v) is 11.0. The first-order chi connectivity index (χ1) is 9.25. The van der Waals surface area contributed by atoms with E-state index < -0.39 is 7.12 Å². The molecule has 0 bridgehead atoms. The quantitative estimate of drug-likeness (QED) is 0.591. The zero-order chi connectivity index (χ0) is 13.5. The highest BCUT2D eigenvalue weighted by Crippen LogP contribution is 2.08. The standard InChI is InChI=1S/C14H19BN2O2/c18-15(19)13-7-8-14(16-12-13)6-2-5-11-17-9-3-1-4-10-17/h7-8,12,18-19H,1,3-5,9-11H2. The van der Waals surface area contributed by atoms with Crippen molar-refractivity contribution in [2.45, 2.75) is 25.7 Å². The van der Waals surface area contributed by atoms with Gasteiger partial charge in [0.15, 0.2) is 0 Å². The summed E-state index contributed by atoms with van der Waals surface area (Å²) in [4.78, 5) is 6.53. The minimum atomic E-state index is -1.46. The monoisotopic (exact) mass is 258 g/mol. The first-order valence-electron chi connectivity index (χ1n) is 6.79. The fourth-order valence-electron chi connectivity index (χ4n) is 2.18. The largest absolute Gasteiger partial charge is 0.490 e. The molecular formula is C14H19BN2O2. The number of piperidine rings is 1. The number of hydrogen-bond donors (Lipinski definition) is 2. The normalized spacial score (nSPS) is 15.7. The van der Waals surface area contributed by atoms with Crippen molar-refractivity contribution in [2.75, 3.05) is 19.6 Å². The third-order valence-corrected chi connectivity index (χ3v) is 3.30. The van der Waals surface area contributed by atoms with Crippen LogP contribution in [0.1, 0.15) is 31.4 Å². The van der Waals surface area contributed by atoms with Crippen LogP contribution in [0.3, 0.4) is 0 Å². The molecule has 0 aliphatic carbocycles. The summed E-state index contributed by atoms with van der Waals surface area (Å²) in [5.41, 5.74) is 1.06. The summed E-state index contributed by atoms with van der Waals surface area (Å²) < 4.78 is 0. The Hall–Kier alpha value is -1.35. The summed E-state index contributed by atoms with van der Waals surface area (Å²) in [6, 6.07) is 3.34. The summed E-state index contributed by atoms with van der Waals surface area (Å²) in [6.07, 6.45) is 6.26. The predicted octanol–water partition coefficient (Wildman–Crippen LogP) is -0.0111. The highest BCUT2D eigenvalue weighted by atomic mass is 16.4. The lowest BCUT2D eigenvalue weighted by Crippen LogP contribution is -2.30. The SMILES string of the molecule is OB(O)c1ccc(C#CCCN2CCCCC2)nc1. The van der Waals surface area contributed by atoms with Crippen LogP contribution in [0.4, 0.5) is 0 Å². The van der Waals surface area contributed by atoms with E-state index in [1.54, 1.807) is 12.1 Å². The molecule has 2 N–H and O–H groups in total. The van der Waals surface area contributed by atoms with Gasteiger partial charge < -0.3 is 14.9 Å². The van der Waals surface area contributed by atoms with Crippen molar-refractivity contribution in [3.05, 3.63) is 24.0 Å². The van der Waals surface area contributed by atoms with Crippen LogP contribution in [-0.2, 0) is 0 Å². The number of rotatable bonds is 3. The van der Waals surface area contributed by atoms with Crippen LogP contribution < -0.4 is 5.46 Å². The molecule has 2 rings (SSSR count). The van der Waals surface area contributed by atoms with Crippen molar-refractivity contribution in [1.29, 1.82) is 0 Å². The smallest absolute Gasteiger partial charge is 0.423 e. The summed E-state index contributed by atoms with van der Waals surface area (Å²) >= 11 is 0. The molecule has 0 amide bonds. The Kier molecular flexibility index (Phi) is 5.40. The van der Waals surface area contributed by atoms with E-state index in [1.165, 1.54) is 38.5 Å². The fourth-order valence-corrected chi connectivity index (χ4v) is 2.18. The molecule has 1 fully saturated rings. The second-order valence-corrected chi connectivity index (χ2v) is 4.80. The topological polar surface area (TPSA) is 56.6 Å². The van der Waals surface area contributed by atoms with Gasteiger partial charge in [-0.25, -0.2) is 4.98 Å². The van der Waals surface area contributed by atoms with Crippen molar-refractivity contribution in [3.63, 3.8) is 0 Å². The van der Waals surface area contributed by atoms with E-state index in [9.17, 15) is 0 Å².